The van der Waals surface area contributed by atoms with E-state index < -0.39 is 12.0 Å². The molecule has 1 aliphatic heterocycles. The van der Waals surface area contributed by atoms with Crippen LogP contribution < -0.4 is 5.56 Å². The van der Waals surface area contributed by atoms with Crippen molar-refractivity contribution in [3.63, 3.8) is 0 Å². The molecule has 10 heteroatoms. The van der Waals surface area contributed by atoms with Gasteiger partial charge >= 0.3 is 5.97 Å². The van der Waals surface area contributed by atoms with Crippen molar-refractivity contribution in [1.29, 1.82) is 0 Å². The lowest BCUT2D eigenvalue weighted by molar-refractivity contribution is -0.150. The van der Waals surface area contributed by atoms with Gasteiger partial charge in [-0.1, -0.05) is 60.6 Å². The van der Waals surface area contributed by atoms with Crippen molar-refractivity contribution in [2.24, 2.45) is 5.92 Å². The number of fused-ring (bicyclic) bond motifs is 4. The average Bonchev–Trinajstić information content (AvgIpc) is 3.30. The normalized spacial score (nSPS) is 18.4. The quantitative estimate of drug-likeness (QED) is 0.237. The molecule has 0 radical (unpaired) electrons. The van der Waals surface area contributed by atoms with E-state index in [-0.39, 0.29) is 30.2 Å². The van der Waals surface area contributed by atoms with Gasteiger partial charge in [0.05, 0.1) is 16.8 Å². The predicted octanol–water partition coefficient (Wildman–Crippen LogP) is 5.66. The number of rotatable bonds is 5. The minimum atomic E-state index is -1.03. The van der Waals surface area contributed by atoms with E-state index in [0.29, 0.717) is 32.0 Å². The number of carbonyl (C=O) groups excluding carboxylic acids is 1. The van der Waals surface area contributed by atoms with Gasteiger partial charge in [-0.25, -0.2) is 9.78 Å². The first-order valence-corrected chi connectivity index (χ1v) is 15.4. The molecule has 7 nitrogen and oxygen atoms in total. The second kappa shape index (κ2) is 10.7. The summed E-state index contributed by atoms with van der Waals surface area (Å²) in [6, 6.07) is 12.1. The van der Waals surface area contributed by atoms with Crippen LogP contribution in [0.4, 0.5) is 0 Å². The summed E-state index contributed by atoms with van der Waals surface area (Å²) in [7, 11) is 0. The van der Waals surface area contributed by atoms with Crippen molar-refractivity contribution in [1.82, 2.24) is 14.5 Å². The van der Waals surface area contributed by atoms with Crippen LogP contribution in [0, 0.1) is 12.8 Å². The molecule has 3 heterocycles. The van der Waals surface area contributed by atoms with E-state index in [1.807, 2.05) is 43.3 Å². The highest BCUT2D eigenvalue weighted by atomic mass is 35.5. The largest absolute Gasteiger partial charge is 0.480 e. The second-order valence-corrected chi connectivity index (χ2v) is 13.1. The lowest BCUT2D eigenvalue weighted by Crippen LogP contribution is -2.49. The third kappa shape index (κ3) is 4.84. The summed E-state index contributed by atoms with van der Waals surface area (Å²) in [5.41, 5.74) is 4.30. The van der Waals surface area contributed by atoms with E-state index in [4.69, 9.17) is 16.6 Å². The summed E-state index contributed by atoms with van der Waals surface area (Å²) >= 11 is 9.17. The van der Waals surface area contributed by atoms with E-state index in [2.05, 4.69) is 6.92 Å². The number of carbonyl (C=O) groups is 2. The average molecular weight is 594 g/mol. The molecule has 40 heavy (non-hydrogen) atoms. The van der Waals surface area contributed by atoms with Crippen molar-refractivity contribution in [2.75, 3.05) is 5.75 Å². The molecular formula is C30H28ClN3O4S2. The lowest BCUT2D eigenvalue weighted by atomic mass is 9.89. The van der Waals surface area contributed by atoms with Crippen molar-refractivity contribution in [3.05, 3.63) is 85.0 Å². The van der Waals surface area contributed by atoms with Gasteiger partial charge in [0.25, 0.3) is 5.56 Å². The molecule has 1 aliphatic carbocycles. The number of aromatic nitrogens is 2. The number of carboxylic acids is 1. The monoisotopic (exact) mass is 593 g/mol. The van der Waals surface area contributed by atoms with E-state index in [1.165, 1.54) is 9.78 Å². The number of thiophene rings is 1. The summed E-state index contributed by atoms with van der Waals surface area (Å²) in [6.07, 6.45) is 3.07. The fourth-order valence-corrected chi connectivity index (χ4v) is 8.13. The summed E-state index contributed by atoms with van der Waals surface area (Å²) in [5, 5.41) is 11.5. The molecule has 2 atom stereocenters. The maximum Gasteiger partial charge on any atom is 0.326 e. The van der Waals surface area contributed by atoms with Gasteiger partial charge in [0.15, 0.2) is 5.16 Å². The van der Waals surface area contributed by atoms with Crippen LogP contribution in [0.2, 0.25) is 5.02 Å². The minimum Gasteiger partial charge on any atom is -0.480 e. The fourth-order valence-electron chi connectivity index (χ4n) is 5.63. The molecule has 206 valence electrons. The Bertz CT molecular complexity index is 1730. The zero-order valence-electron chi connectivity index (χ0n) is 22.1. The Labute approximate surface area is 244 Å². The Morgan fingerprint density at radius 1 is 1.18 bits per heavy atom. The number of benzene rings is 2. The van der Waals surface area contributed by atoms with Gasteiger partial charge in [-0.3, -0.25) is 14.2 Å². The van der Waals surface area contributed by atoms with Crippen LogP contribution in [0.1, 0.15) is 40.5 Å². The highest BCUT2D eigenvalue weighted by Gasteiger charge is 2.34. The summed E-state index contributed by atoms with van der Waals surface area (Å²) < 4.78 is 1.55. The van der Waals surface area contributed by atoms with Crippen molar-refractivity contribution in [3.8, 4) is 5.69 Å². The van der Waals surface area contributed by atoms with Crippen LogP contribution >= 0.6 is 34.7 Å². The molecule has 2 aromatic carbocycles. The summed E-state index contributed by atoms with van der Waals surface area (Å²) in [4.78, 5) is 47.9. The maximum absolute atomic E-state index is 14.1. The summed E-state index contributed by atoms with van der Waals surface area (Å²) in [6.45, 7) is 4.36. The second-order valence-electron chi connectivity index (χ2n) is 10.6. The molecule has 0 saturated carbocycles. The maximum atomic E-state index is 14.1. The van der Waals surface area contributed by atoms with E-state index >= 15 is 0 Å². The molecular weight excluding hydrogens is 566 g/mol. The van der Waals surface area contributed by atoms with E-state index in [9.17, 15) is 19.5 Å². The first-order valence-electron chi connectivity index (χ1n) is 13.3. The Morgan fingerprint density at radius 3 is 2.70 bits per heavy atom. The Balaban J connectivity index is 1.39. The Morgan fingerprint density at radius 2 is 1.95 bits per heavy atom. The molecule has 1 amide bonds. The third-order valence-corrected chi connectivity index (χ3v) is 10.4. The van der Waals surface area contributed by atoms with Crippen LogP contribution in [-0.2, 0) is 35.4 Å². The van der Waals surface area contributed by atoms with Gasteiger partial charge in [-0.05, 0) is 66.5 Å². The molecule has 0 fully saturated rings. The molecule has 6 rings (SSSR count). The third-order valence-electron chi connectivity index (χ3n) is 7.89. The molecule has 0 saturated heterocycles. The number of amides is 1. The topological polar surface area (TPSA) is 92.5 Å². The zero-order chi connectivity index (χ0) is 28.1. The number of halogens is 1. The van der Waals surface area contributed by atoms with Crippen LogP contribution in [0.25, 0.3) is 15.9 Å². The van der Waals surface area contributed by atoms with Crippen molar-refractivity contribution in [2.45, 2.75) is 57.3 Å². The van der Waals surface area contributed by atoms with E-state index in [0.717, 1.165) is 53.3 Å². The van der Waals surface area contributed by atoms with Crippen LogP contribution in [0.15, 0.2) is 52.4 Å². The Kier molecular flexibility index (Phi) is 7.23. The van der Waals surface area contributed by atoms with Crippen molar-refractivity contribution < 1.29 is 14.7 Å². The number of nitrogens with zero attached hydrogens (tertiary/aromatic N) is 3. The molecule has 4 aromatic rings. The first-order chi connectivity index (χ1) is 19.2. The molecule has 1 N–H and O–H groups in total. The number of aryl methyl sites for hydroxylation is 2. The van der Waals surface area contributed by atoms with Crippen LogP contribution in [-0.4, -0.2) is 43.2 Å². The molecule has 0 spiro atoms. The fraction of sp³-hybridized carbons (Fsp3) is 0.333. The van der Waals surface area contributed by atoms with Crippen LogP contribution in [0.3, 0.4) is 0 Å². The standard InChI is InChI=1S/C30H28ClN3O4S2/c1-16-7-10-21-24(11-16)40-27-26(21)28(36)34(20-9-8-17(2)22(31)13-20)30(32-27)39-15-25(35)33-14-19-6-4-3-5-18(19)12-23(33)29(37)38/h3-6,8-9,13,16,23H,7,10-12,14-15H2,1-2H3,(H,37,38)/t16-,23+/m0/s1. The molecule has 2 aliphatic rings. The minimum absolute atomic E-state index is 0.0500. The predicted molar refractivity (Wildman–Crippen MR) is 159 cm³/mol. The number of carboxylic acid groups (broad SMARTS) is 1. The first kappa shape index (κ1) is 27.1. The summed E-state index contributed by atoms with van der Waals surface area (Å²) in [5.74, 6) is -0.834. The highest BCUT2D eigenvalue weighted by Crippen LogP contribution is 2.37. The number of hydrogen-bond donors (Lipinski definition) is 1. The van der Waals surface area contributed by atoms with Gasteiger partial charge in [-0.2, -0.15) is 0 Å². The lowest BCUT2D eigenvalue weighted by Gasteiger charge is -2.34. The number of aliphatic carboxylic acids is 1. The van der Waals surface area contributed by atoms with E-state index in [1.54, 1.807) is 22.0 Å². The van der Waals surface area contributed by atoms with Gasteiger partial charge in [-0.15, -0.1) is 11.3 Å². The molecule has 2 aromatic heterocycles. The number of hydrogen-bond acceptors (Lipinski definition) is 6. The molecule has 0 bridgehead atoms. The Hall–Kier alpha value is -3.14. The van der Waals surface area contributed by atoms with Gasteiger partial charge in [0.1, 0.15) is 10.9 Å². The number of thioether (sulfide) groups is 1. The highest BCUT2D eigenvalue weighted by molar-refractivity contribution is 7.99. The van der Waals surface area contributed by atoms with Crippen LogP contribution in [0.5, 0.6) is 0 Å². The zero-order valence-corrected chi connectivity index (χ0v) is 24.5. The van der Waals surface area contributed by atoms with Crippen molar-refractivity contribution >= 4 is 56.8 Å². The SMILES string of the molecule is Cc1ccc(-n2c(SCC(=O)N3Cc4ccccc4C[C@@H]3C(=O)O)nc3sc4c(c3c2=O)CC[C@H](C)C4)cc1Cl. The van der Waals surface area contributed by atoms with Gasteiger partial charge in [0, 0.05) is 22.9 Å². The smallest absolute Gasteiger partial charge is 0.326 e. The van der Waals surface area contributed by atoms with Gasteiger partial charge in [0.2, 0.25) is 5.91 Å². The van der Waals surface area contributed by atoms with Gasteiger partial charge < -0.3 is 10.0 Å². The molecule has 0 unspecified atom stereocenters.